The smallest absolute Gasteiger partial charge is 0.334 e. The molecule has 6 heteroatoms. The molecule has 0 bridgehead atoms. The lowest BCUT2D eigenvalue weighted by Gasteiger charge is -2.11. The van der Waals surface area contributed by atoms with Gasteiger partial charge in [0.15, 0.2) is 6.10 Å². The van der Waals surface area contributed by atoms with E-state index in [0.717, 1.165) is 0 Å². The molecule has 6 nitrogen and oxygen atoms in total. The van der Waals surface area contributed by atoms with Crippen LogP contribution in [0.1, 0.15) is 10.4 Å². The van der Waals surface area contributed by atoms with Gasteiger partial charge >= 0.3 is 5.97 Å². The van der Waals surface area contributed by atoms with Crippen LogP contribution in [0.25, 0.3) is 0 Å². The van der Waals surface area contributed by atoms with Crippen molar-refractivity contribution in [2.75, 3.05) is 13.7 Å². The Morgan fingerprint density at radius 1 is 1.50 bits per heavy atom. The van der Waals surface area contributed by atoms with Gasteiger partial charge in [0.25, 0.3) is 5.91 Å². The highest BCUT2D eigenvalue weighted by atomic mass is 16.5. The number of carbonyl (C=O) groups excluding carboxylic acids is 1. The zero-order valence-electron chi connectivity index (χ0n) is 8.71. The average molecular weight is 224 g/mol. The van der Waals surface area contributed by atoms with Crippen molar-refractivity contribution < 1.29 is 19.4 Å². The number of rotatable bonds is 5. The lowest BCUT2D eigenvalue weighted by atomic mass is 10.2. The molecule has 1 atom stereocenters. The Hall–Kier alpha value is -1.95. The number of hydrogen-bond acceptors (Lipinski definition) is 4. The molecule has 1 aromatic rings. The molecule has 1 rings (SSSR count). The van der Waals surface area contributed by atoms with Gasteiger partial charge in [-0.2, -0.15) is 0 Å². The van der Waals surface area contributed by atoms with Crippen LogP contribution in [-0.4, -0.2) is 41.7 Å². The van der Waals surface area contributed by atoms with E-state index >= 15 is 0 Å². The van der Waals surface area contributed by atoms with E-state index in [4.69, 9.17) is 5.11 Å². The predicted molar refractivity (Wildman–Crippen MR) is 55.0 cm³/mol. The Morgan fingerprint density at radius 2 is 2.12 bits per heavy atom. The Morgan fingerprint density at radius 3 is 2.62 bits per heavy atom. The van der Waals surface area contributed by atoms with Gasteiger partial charge < -0.3 is 15.2 Å². The van der Waals surface area contributed by atoms with Crippen LogP contribution in [0, 0.1) is 0 Å². The molecule has 0 saturated heterocycles. The third-order valence-corrected chi connectivity index (χ3v) is 1.95. The second-order valence-corrected chi connectivity index (χ2v) is 3.01. The first-order valence-electron chi connectivity index (χ1n) is 4.59. The van der Waals surface area contributed by atoms with E-state index in [1.54, 1.807) is 0 Å². The molecule has 0 saturated carbocycles. The fourth-order valence-electron chi connectivity index (χ4n) is 1.06. The highest BCUT2D eigenvalue weighted by molar-refractivity contribution is 5.94. The van der Waals surface area contributed by atoms with Crippen molar-refractivity contribution in [3.8, 4) is 0 Å². The van der Waals surface area contributed by atoms with E-state index in [9.17, 15) is 9.59 Å². The maximum Gasteiger partial charge on any atom is 0.334 e. The molecule has 86 valence electrons. The summed E-state index contributed by atoms with van der Waals surface area (Å²) in [5.41, 5.74) is 0.426. The molecular weight excluding hydrogens is 212 g/mol. The summed E-state index contributed by atoms with van der Waals surface area (Å²) in [5.74, 6) is -1.47. The Labute approximate surface area is 92.3 Å². The Balaban J connectivity index is 2.50. The predicted octanol–water partition coefficient (Wildman–Crippen LogP) is -0.0890. The number of ether oxygens (including phenoxy) is 1. The van der Waals surface area contributed by atoms with Crippen molar-refractivity contribution in [1.82, 2.24) is 10.3 Å². The highest BCUT2D eigenvalue weighted by Crippen LogP contribution is 1.96. The number of carbonyl (C=O) groups is 2. The normalized spacial score (nSPS) is 11.8. The zero-order valence-corrected chi connectivity index (χ0v) is 8.71. The number of nitrogens with one attached hydrogen (secondary N) is 1. The molecule has 1 heterocycles. The maximum atomic E-state index is 11.5. The first-order chi connectivity index (χ1) is 7.65. The van der Waals surface area contributed by atoms with Gasteiger partial charge in [-0.15, -0.1) is 0 Å². The molecule has 16 heavy (non-hydrogen) atoms. The van der Waals surface area contributed by atoms with Crippen molar-refractivity contribution in [2.45, 2.75) is 6.10 Å². The number of pyridine rings is 1. The van der Waals surface area contributed by atoms with E-state index in [2.05, 4.69) is 15.0 Å². The standard InChI is InChI=1S/C10H12N2O4/c1-16-8(10(14)15)6-12-9(13)7-2-4-11-5-3-7/h2-5,8H,6H2,1H3,(H,12,13)(H,14,15). The van der Waals surface area contributed by atoms with Crippen molar-refractivity contribution in [3.05, 3.63) is 30.1 Å². The topological polar surface area (TPSA) is 88.5 Å². The fraction of sp³-hybridized carbons (Fsp3) is 0.300. The van der Waals surface area contributed by atoms with E-state index in [1.165, 1.54) is 31.6 Å². The molecule has 0 aliphatic heterocycles. The molecule has 1 unspecified atom stereocenters. The van der Waals surface area contributed by atoms with Gasteiger partial charge in [0.2, 0.25) is 0 Å². The minimum Gasteiger partial charge on any atom is -0.479 e. The molecule has 0 fully saturated rings. The number of aromatic nitrogens is 1. The Bertz CT molecular complexity index is 366. The van der Waals surface area contributed by atoms with E-state index < -0.39 is 12.1 Å². The minimum absolute atomic E-state index is 0.0764. The van der Waals surface area contributed by atoms with Gasteiger partial charge in [0.1, 0.15) is 0 Å². The molecule has 0 radical (unpaired) electrons. The second kappa shape index (κ2) is 5.82. The number of carboxylic acids is 1. The summed E-state index contributed by atoms with van der Waals surface area (Å²) in [7, 11) is 1.28. The van der Waals surface area contributed by atoms with Gasteiger partial charge in [-0.3, -0.25) is 9.78 Å². The number of hydrogen-bond donors (Lipinski definition) is 2. The number of aliphatic carboxylic acids is 1. The summed E-state index contributed by atoms with van der Waals surface area (Å²) in [6.07, 6.45) is 1.94. The molecule has 1 amide bonds. The summed E-state index contributed by atoms with van der Waals surface area (Å²) in [6, 6.07) is 3.08. The number of amides is 1. The number of methoxy groups -OCH3 is 1. The van der Waals surface area contributed by atoms with Gasteiger partial charge in [-0.25, -0.2) is 4.79 Å². The first-order valence-corrected chi connectivity index (χ1v) is 4.59. The lowest BCUT2D eigenvalue weighted by Crippen LogP contribution is -2.37. The lowest BCUT2D eigenvalue weighted by molar-refractivity contribution is -0.148. The van der Waals surface area contributed by atoms with E-state index in [1.807, 2.05) is 0 Å². The average Bonchev–Trinajstić information content (AvgIpc) is 2.30. The monoisotopic (exact) mass is 224 g/mol. The number of carboxylic acid groups (broad SMARTS) is 1. The summed E-state index contributed by atoms with van der Waals surface area (Å²) in [5, 5.41) is 11.1. The minimum atomic E-state index is -1.11. The van der Waals surface area contributed by atoms with Crippen molar-refractivity contribution in [3.63, 3.8) is 0 Å². The molecule has 0 aliphatic carbocycles. The van der Waals surface area contributed by atoms with Crippen molar-refractivity contribution in [1.29, 1.82) is 0 Å². The molecule has 2 N–H and O–H groups in total. The third kappa shape index (κ3) is 3.32. The van der Waals surface area contributed by atoms with Gasteiger partial charge in [-0.1, -0.05) is 0 Å². The summed E-state index contributed by atoms with van der Waals surface area (Å²) in [4.78, 5) is 25.9. The zero-order chi connectivity index (χ0) is 12.0. The van der Waals surface area contributed by atoms with Gasteiger partial charge in [0.05, 0.1) is 6.54 Å². The molecule has 0 spiro atoms. The molecular formula is C10H12N2O4. The molecule has 0 aromatic carbocycles. The first kappa shape index (κ1) is 12.1. The summed E-state index contributed by atoms with van der Waals surface area (Å²) >= 11 is 0. The summed E-state index contributed by atoms with van der Waals surface area (Å²) in [6.45, 7) is -0.0764. The van der Waals surface area contributed by atoms with Crippen LogP contribution in [0.5, 0.6) is 0 Å². The SMILES string of the molecule is COC(CNC(=O)c1ccncc1)C(=O)O. The van der Waals surface area contributed by atoms with Crippen LogP contribution in [0.4, 0.5) is 0 Å². The third-order valence-electron chi connectivity index (χ3n) is 1.95. The van der Waals surface area contributed by atoms with Crippen LogP contribution in [0.2, 0.25) is 0 Å². The molecule has 0 aliphatic rings. The van der Waals surface area contributed by atoms with Crippen LogP contribution in [0.15, 0.2) is 24.5 Å². The largest absolute Gasteiger partial charge is 0.479 e. The number of nitrogens with zero attached hydrogens (tertiary/aromatic N) is 1. The van der Waals surface area contributed by atoms with E-state index in [-0.39, 0.29) is 12.5 Å². The van der Waals surface area contributed by atoms with Gasteiger partial charge in [-0.05, 0) is 12.1 Å². The van der Waals surface area contributed by atoms with Gasteiger partial charge in [0, 0.05) is 25.1 Å². The quantitative estimate of drug-likeness (QED) is 0.729. The van der Waals surface area contributed by atoms with Crippen LogP contribution < -0.4 is 5.32 Å². The Kier molecular flexibility index (Phi) is 4.41. The highest BCUT2D eigenvalue weighted by Gasteiger charge is 2.17. The fourth-order valence-corrected chi connectivity index (χ4v) is 1.06. The van der Waals surface area contributed by atoms with Crippen LogP contribution in [-0.2, 0) is 9.53 Å². The van der Waals surface area contributed by atoms with Crippen LogP contribution in [0.3, 0.4) is 0 Å². The van der Waals surface area contributed by atoms with Crippen molar-refractivity contribution >= 4 is 11.9 Å². The van der Waals surface area contributed by atoms with Crippen molar-refractivity contribution in [2.24, 2.45) is 0 Å². The molecule has 1 aromatic heterocycles. The maximum absolute atomic E-state index is 11.5. The van der Waals surface area contributed by atoms with Crippen LogP contribution >= 0.6 is 0 Å². The second-order valence-electron chi connectivity index (χ2n) is 3.01. The summed E-state index contributed by atoms with van der Waals surface area (Å²) < 4.78 is 4.67. The van der Waals surface area contributed by atoms with E-state index in [0.29, 0.717) is 5.56 Å².